The standard InChI is InChI=1S/C20H25N3O/c1-14-10-15(2)22-17(11-14)13-23(3)20(24)19-7-5-4-6-18(19)16-8-9-21-12-16/h4-7,10-11,16,21H,8-9,12-13H2,1-3H3/t16-/m0/s1. The third-order valence-electron chi connectivity index (χ3n) is 4.59. The van der Waals surface area contributed by atoms with Gasteiger partial charge in [-0.1, -0.05) is 18.2 Å². The summed E-state index contributed by atoms with van der Waals surface area (Å²) in [4.78, 5) is 19.3. The Labute approximate surface area is 143 Å². The second-order valence-electron chi connectivity index (χ2n) is 6.72. The molecule has 1 aliphatic rings. The zero-order valence-corrected chi connectivity index (χ0v) is 14.7. The van der Waals surface area contributed by atoms with E-state index in [2.05, 4.69) is 23.3 Å². The lowest BCUT2D eigenvalue weighted by molar-refractivity contribution is 0.0781. The van der Waals surface area contributed by atoms with Crippen molar-refractivity contribution in [1.82, 2.24) is 15.2 Å². The number of aryl methyl sites for hydroxylation is 2. The van der Waals surface area contributed by atoms with Crippen molar-refractivity contribution in [2.24, 2.45) is 0 Å². The first kappa shape index (κ1) is 16.7. The van der Waals surface area contributed by atoms with Crippen molar-refractivity contribution in [3.63, 3.8) is 0 Å². The minimum Gasteiger partial charge on any atom is -0.336 e. The molecule has 1 fully saturated rings. The minimum absolute atomic E-state index is 0.0680. The summed E-state index contributed by atoms with van der Waals surface area (Å²) in [7, 11) is 1.85. The molecular formula is C20H25N3O. The van der Waals surface area contributed by atoms with Crippen molar-refractivity contribution in [2.75, 3.05) is 20.1 Å². The van der Waals surface area contributed by atoms with E-state index in [9.17, 15) is 4.79 Å². The highest BCUT2D eigenvalue weighted by Crippen LogP contribution is 2.26. The number of hydrogen-bond acceptors (Lipinski definition) is 3. The van der Waals surface area contributed by atoms with E-state index in [0.29, 0.717) is 12.5 Å². The number of hydrogen-bond donors (Lipinski definition) is 1. The number of nitrogens with one attached hydrogen (secondary N) is 1. The minimum atomic E-state index is 0.0680. The summed E-state index contributed by atoms with van der Waals surface area (Å²) in [5.74, 6) is 0.497. The Balaban J connectivity index is 1.81. The number of amides is 1. The van der Waals surface area contributed by atoms with Crippen LogP contribution in [0.15, 0.2) is 36.4 Å². The number of carbonyl (C=O) groups is 1. The lowest BCUT2D eigenvalue weighted by Gasteiger charge is -2.21. The van der Waals surface area contributed by atoms with Crippen molar-refractivity contribution >= 4 is 5.91 Å². The van der Waals surface area contributed by atoms with Gasteiger partial charge < -0.3 is 10.2 Å². The number of nitrogens with zero attached hydrogens (tertiary/aromatic N) is 2. The molecule has 2 heterocycles. The van der Waals surface area contributed by atoms with E-state index < -0.39 is 0 Å². The summed E-state index contributed by atoms with van der Waals surface area (Å²) in [5, 5.41) is 3.38. The maximum absolute atomic E-state index is 13.0. The fourth-order valence-electron chi connectivity index (χ4n) is 3.49. The molecule has 1 aromatic heterocycles. The Morgan fingerprint density at radius 3 is 2.79 bits per heavy atom. The van der Waals surface area contributed by atoms with E-state index in [1.807, 2.05) is 44.3 Å². The van der Waals surface area contributed by atoms with Crippen LogP contribution >= 0.6 is 0 Å². The highest BCUT2D eigenvalue weighted by Gasteiger charge is 2.23. The van der Waals surface area contributed by atoms with E-state index in [-0.39, 0.29) is 5.91 Å². The molecule has 1 N–H and O–H groups in total. The molecular weight excluding hydrogens is 298 g/mol. The molecule has 0 radical (unpaired) electrons. The van der Waals surface area contributed by atoms with Gasteiger partial charge in [0.15, 0.2) is 0 Å². The lowest BCUT2D eigenvalue weighted by atomic mass is 9.93. The van der Waals surface area contributed by atoms with Gasteiger partial charge in [-0.05, 0) is 62.1 Å². The second-order valence-corrected chi connectivity index (χ2v) is 6.72. The molecule has 1 aromatic carbocycles. The Hall–Kier alpha value is -2.20. The molecule has 24 heavy (non-hydrogen) atoms. The van der Waals surface area contributed by atoms with Crippen LogP contribution in [0.4, 0.5) is 0 Å². The van der Waals surface area contributed by atoms with Crippen LogP contribution in [0.25, 0.3) is 0 Å². The van der Waals surface area contributed by atoms with Gasteiger partial charge in [-0.3, -0.25) is 9.78 Å². The third-order valence-corrected chi connectivity index (χ3v) is 4.59. The van der Waals surface area contributed by atoms with Crippen molar-refractivity contribution in [1.29, 1.82) is 0 Å². The highest BCUT2D eigenvalue weighted by molar-refractivity contribution is 5.95. The highest BCUT2D eigenvalue weighted by atomic mass is 16.2. The Morgan fingerprint density at radius 2 is 2.08 bits per heavy atom. The monoisotopic (exact) mass is 323 g/mol. The second kappa shape index (κ2) is 7.14. The quantitative estimate of drug-likeness (QED) is 0.940. The van der Waals surface area contributed by atoms with Crippen LogP contribution in [0.2, 0.25) is 0 Å². The maximum atomic E-state index is 13.0. The van der Waals surface area contributed by atoms with Crippen molar-refractivity contribution in [3.8, 4) is 0 Å². The van der Waals surface area contributed by atoms with Gasteiger partial charge in [0.1, 0.15) is 0 Å². The molecule has 1 saturated heterocycles. The summed E-state index contributed by atoms with van der Waals surface area (Å²) < 4.78 is 0. The van der Waals surface area contributed by atoms with Gasteiger partial charge in [-0.25, -0.2) is 0 Å². The van der Waals surface area contributed by atoms with Gasteiger partial charge in [-0.2, -0.15) is 0 Å². The van der Waals surface area contributed by atoms with E-state index in [1.165, 1.54) is 5.56 Å². The van der Waals surface area contributed by atoms with E-state index in [1.54, 1.807) is 4.90 Å². The van der Waals surface area contributed by atoms with Gasteiger partial charge in [0.2, 0.25) is 0 Å². The fraction of sp³-hybridized carbons (Fsp3) is 0.400. The fourth-order valence-corrected chi connectivity index (χ4v) is 3.49. The van der Waals surface area contributed by atoms with Crippen LogP contribution in [0.5, 0.6) is 0 Å². The molecule has 1 aliphatic heterocycles. The van der Waals surface area contributed by atoms with E-state index >= 15 is 0 Å². The van der Waals surface area contributed by atoms with Gasteiger partial charge in [0.05, 0.1) is 12.2 Å². The van der Waals surface area contributed by atoms with Crippen LogP contribution in [-0.2, 0) is 6.54 Å². The lowest BCUT2D eigenvalue weighted by Crippen LogP contribution is -2.28. The zero-order valence-electron chi connectivity index (χ0n) is 14.7. The Kier molecular flexibility index (Phi) is 4.95. The van der Waals surface area contributed by atoms with Crippen molar-refractivity contribution < 1.29 is 4.79 Å². The predicted molar refractivity (Wildman–Crippen MR) is 96.2 cm³/mol. The normalized spacial score (nSPS) is 17.0. The molecule has 0 bridgehead atoms. The largest absolute Gasteiger partial charge is 0.336 e. The van der Waals surface area contributed by atoms with Crippen LogP contribution in [0, 0.1) is 13.8 Å². The summed E-state index contributed by atoms with van der Waals surface area (Å²) >= 11 is 0. The average Bonchev–Trinajstić information content (AvgIpc) is 3.07. The average molecular weight is 323 g/mol. The number of carbonyl (C=O) groups excluding carboxylic acids is 1. The van der Waals surface area contributed by atoms with Gasteiger partial charge in [0.25, 0.3) is 5.91 Å². The van der Waals surface area contributed by atoms with Crippen LogP contribution < -0.4 is 5.32 Å². The molecule has 0 unspecified atom stereocenters. The van der Waals surface area contributed by atoms with Gasteiger partial charge in [0, 0.05) is 24.8 Å². The SMILES string of the molecule is Cc1cc(C)nc(CN(C)C(=O)c2ccccc2[C@H]2CCNC2)c1. The van der Waals surface area contributed by atoms with Crippen LogP contribution in [0.3, 0.4) is 0 Å². The van der Waals surface area contributed by atoms with Crippen LogP contribution in [-0.4, -0.2) is 35.9 Å². The van der Waals surface area contributed by atoms with Gasteiger partial charge >= 0.3 is 0 Å². The van der Waals surface area contributed by atoms with Crippen LogP contribution in [0.1, 0.15) is 45.2 Å². The summed E-state index contributed by atoms with van der Waals surface area (Å²) in [6, 6.07) is 12.1. The topological polar surface area (TPSA) is 45.2 Å². The summed E-state index contributed by atoms with van der Waals surface area (Å²) in [6.07, 6.45) is 1.09. The molecule has 2 aromatic rings. The number of aromatic nitrogens is 1. The molecule has 1 atom stereocenters. The number of pyridine rings is 1. The Bertz CT molecular complexity index is 715. The smallest absolute Gasteiger partial charge is 0.254 e. The molecule has 0 saturated carbocycles. The van der Waals surface area contributed by atoms with Crippen molar-refractivity contribution in [2.45, 2.75) is 32.7 Å². The Morgan fingerprint density at radius 1 is 1.29 bits per heavy atom. The predicted octanol–water partition coefficient (Wildman–Crippen LogP) is 3.05. The molecule has 3 rings (SSSR count). The van der Waals surface area contributed by atoms with E-state index in [0.717, 1.165) is 42.0 Å². The summed E-state index contributed by atoms with van der Waals surface area (Å²) in [5.41, 5.74) is 5.08. The first-order valence-electron chi connectivity index (χ1n) is 8.54. The summed E-state index contributed by atoms with van der Waals surface area (Å²) in [6.45, 7) is 6.55. The number of rotatable bonds is 4. The molecule has 0 spiro atoms. The van der Waals surface area contributed by atoms with Gasteiger partial charge in [-0.15, -0.1) is 0 Å². The number of benzene rings is 1. The first-order chi connectivity index (χ1) is 11.5. The third kappa shape index (κ3) is 3.65. The molecule has 4 heteroatoms. The first-order valence-corrected chi connectivity index (χ1v) is 8.54. The molecule has 4 nitrogen and oxygen atoms in total. The maximum Gasteiger partial charge on any atom is 0.254 e. The van der Waals surface area contributed by atoms with Crippen molar-refractivity contribution in [3.05, 3.63) is 64.5 Å². The molecule has 0 aliphatic carbocycles. The molecule has 1 amide bonds. The zero-order chi connectivity index (χ0) is 17.1. The molecule has 126 valence electrons. The van der Waals surface area contributed by atoms with E-state index in [4.69, 9.17) is 0 Å².